The molecule has 1 saturated heterocycles. The molecule has 1 aromatic carbocycles. The number of hydrogen-bond donors (Lipinski definition) is 0. The van der Waals surface area contributed by atoms with Crippen LogP contribution in [0.4, 0.5) is 8.78 Å². The first kappa shape index (κ1) is 19.2. The van der Waals surface area contributed by atoms with Crippen LogP contribution in [0.25, 0.3) is 5.78 Å². The second kappa shape index (κ2) is 7.06. The predicted molar refractivity (Wildman–Crippen MR) is 101 cm³/mol. The van der Waals surface area contributed by atoms with E-state index in [-0.39, 0.29) is 13.0 Å². The molecule has 0 unspecified atom stereocenters. The van der Waals surface area contributed by atoms with Crippen molar-refractivity contribution in [2.45, 2.75) is 32.1 Å². The first-order chi connectivity index (χ1) is 13.8. The summed E-state index contributed by atoms with van der Waals surface area (Å²) in [5.74, 6) is -3.03. The molecule has 3 aromatic rings. The lowest BCUT2D eigenvalue weighted by molar-refractivity contribution is -0.0641. The van der Waals surface area contributed by atoms with E-state index in [9.17, 15) is 13.6 Å². The lowest BCUT2D eigenvalue weighted by atomic mass is 9.91. The molecule has 0 saturated carbocycles. The molecule has 0 radical (unpaired) electrons. The van der Waals surface area contributed by atoms with Crippen molar-refractivity contribution in [2.24, 2.45) is 0 Å². The van der Waals surface area contributed by atoms with Crippen LogP contribution in [0.2, 0.25) is 0 Å². The van der Waals surface area contributed by atoms with Gasteiger partial charge in [-0.15, -0.1) is 0 Å². The van der Waals surface area contributed by atoms with Crippen molar-refractivity contribution in [1.82, 2.24) is 24.5 Å². The highest BCUT2D eigenvalue weighted by Crippen LogP contribution is 2.37. The number of hydrogen-bond acceptors (Lipinski definition) is 5. The summed E-state index contributed by atoms with van der Waals surface area (Å²) in [6, 6.07) is 6.67. The van der Waals surface area contributed by atoms with Gasteiger partial charge in [0.25, 0.3) is 17.6 Å². The van der Waals surface area contributed by atoms with E-state index in [1.54, 1.807) is 38.3 Å². The summed E-state index contributed by atoms with van der Waals surface area (Å²) in [6.45, 7) is 3.14. The molecular formula is C20H21F2N5O2. The Morgan fingerprint density at radius 3 is 2.79 bits per heavy atom. The fourth-order valence-electron chi connectivity index (χ4n) is 3.90. The minimum atomic E-state index is -3.01. The van der Waals surface area contributed by atoms with Crippen molar-refractivity contribution in [1.29, 1.82) is 0 Å². The molecule has 1 fully saturated rings. The van der Waals surface area contributed by atoms with Gasteiger partial charge in [0, 0.05) is 30.1 Å². The average Bonchev–Trinajstić information content (AvgIpc) is 3.13. The third-order valence-electron chi connectivity index (χ3n) is 5.16. The molecule has 0 aliphatic carbocycles. The molecule has 29 heavy (non-hydrogen) atoms. The highest BCUT2D eigenvalue weighted by Gasteiger charge is 2.43. The Labute approximate surface area is 166 Å². The summed E-state index contributed by atoms with van der Waals surface area (Å²) in [7, 11) is 1.54. The van der Waals surface area contributed by atoms with Crippen LogP contribution in [0, 0.1) is 13.8 Å². The van der Waals surface area contributed by atoms with Crippen molar-refractivity contribution in [3.63, 3.8) is 0 Å². The zero-order valence-corrected chi connectivity index (χ0v) is 16.4. The van der Waals surface area contributed by atoms with Gasteiger partial charge in [0.05, 0.1) is 19.3 Å². The summed E-state index contributed by atoms with van der Waals surface area (Å²) in [4.78, 5) is 22.5. The number of benzene rings is 1. The zero-order chi connectivity index (χ0) is 20.8. The number of likely N-dealkylation sites (tertiary alicyclic amines) is 1. The van der Waals surface area contributed by atoms with Gasteiger partial charge in [-0.05, 0) is 43.7 Å². The molecule has 7 nitrogen and oxygen atoms in total. The quantitative estimate of drug-likeness (QED) is 0.675. The third-order valence-corrected chi connectivity index (χ3v) is 5.16. The van der Waals surface area contributed by atoms with E-state index in [4.69, 9.17) is 4.74 Å². The highest BCUT2D eigenvalue weighted by atomic mass is 19.3. The summed E-state index contributed by atoms with van der Waals surface area (Å²) < 4.78 is 35.9. The van der Waals surface area contributed by atoms with Crippen LogP contribution >= 0.6 is 0 Å². The topological polar surface area (TPSA) is 72.6 Å². The monoisotopic (exact) mass is 401 g/mol. The van der Waals surface area contributed by atoms with Crippen LogP contribution < -0.4 is 4.74 Å². The number of carbonyl (C=O) groups is 1. The van der Waals surface area contributed by atoms with Crippen LogP contribution in [0.3, 0.4) is 0 Å². The van der Waals surface area contributed by atoms with E-state index in [0.717, 1.165) is 5.56 Å². The molecule has 1 atom stereocenters. The van der Waals surface area contributed by atoms with Crippen LogP contribution in [0.1, 0.15) is 39.6 Å². The van der Waals surface area contributed by atoms with E-state index in [1.807, 2.05) is 6.92 Å². The zero-order valence-electron chi connectivity index (χ0n) is 16.4. The SMILES string of the molecule is COc1ccc(C(=O)N2C[C@@H](c3cc(C)nc4ncnn34)CC(F)(F)C2)cc1C. The number of ether oxygens (including phenoxy) is 1. The second-order valence-corrected chi connectivity index (χ2v) is 7.42. The number of carbonyl (C=O) groups excluding carboxylic acids is 1. The molecule has 152 valence electrons. The van der Waals surface area contributed by atoms with E-state index in [0.29, 0.717) is 28.5 Å². The smallest absolute Gasteiger partial charge is 0.266 e. The third kappa shape index (κ3) is 3.64. The molecule has 3 heterocycles. The van der Waals surface area contributed by atoms with Crippen molar-refractivity contribution in [3.05, 3.63) is 53.1 Å². The molecule has 1 aliphatic rings. The Bertz CT molecular complexity index is 1080. The predicted octanol–water partition coefficient (Wildman–Crippen LogP) is 3.01. The van der Waals surface area contributed by atoms with E-state index < -0.39 is 24.3 Å². The molecule has 9 heteroatoms. The van der Waals surface area contributed by atoms with Gasteiger partial charge in [0.15, 0.2) is 0 Å². The normalized spacial score (nSPS) is 18.8. The summed E-state index contributed by atoms with van der Waals surface area (Å²) in [5, 5.41) is 4.12. The minimum absolute atomic E-state index is 0.165. The van der Waals surface area contributed by atoms with Crippen molar-refractivity contribution in [2.75, 3.05) is 20.2 Å². The van der Waals surface area contributed by atoms with Crippen LogP contribution in [-0.2, 0) is 0 Å². The number of piperidine rings is 1. The molecule has 0 N–H and O–H groups in total. The first-order valence-corrected chi connectivity index (χ1v) is 9.26. The molecule has 0 spiro atoms. The van der Waals surface area contributed by atoms with Gasteiger partial charge in [-0.1, -0.05) is 0 Å². The average molecular weight is 401 g/mol. The summed E-state index contributed by atoms with van der Waals surface area (Å²) >= 11 is 0. The van der Waals surface area contributed by atoms with Crippen molar-refractivity contribution >= 4 is 11.7 Å². The van der Waals surface area contributed by atoms with Gasteiger partial charge >= 0.3 is 0 Å². The van der Waals surface area contributed by atoms with Gasteiger partial charge < -0.3 is 9.64 Å². The summed E-state index contributed by atoms with van der Waals surface area (Å²) in [5.41, 5.74) is 2.37. The molecule has 4 rings (SSSR count). The number of aryl methyl sites for hydroxylation is 2. The highest BCUT2D eigenvalue weighted by molar-refractivity contribution is 5.94. The Kier molecular flexibility index (Phi) is 4.68. The maximum absolute atomic E-state index is 14.6. The number of aromatic nitrogens is 4. The van der Waals surface area contributed by atoms with E-state index in [1.165, 1.54) is 15.7 Å². The number of fused-ring (bicyclic) bond motifs is 1. The first-order valence-electron chi connectivity index (χ1n) is 9.26. The molecule has 1 aliphatic heterocycles. The number of alkyl halides is 2. The van der Waals surface area contributed by atoms with Gasteiger partial charge in [-0.2, -0.15) is 10.1 Å². The maximum atomic E-state index is 14.6. The Hall–Kier alpha value is -3.10. The van der Waals surface area contributed by atoms with Gasteiger partial charge in [0.1, 0.15) is 12.1 Å². The Morgan fingerprint density at radius 1 is 1.28 bits per heavy atom. The number of methoxy groups -OCH3 is 1. The maximum Gasteiger partial charge on any atom is 0.266 e. The molecule has 1 amide bonds. The standard InChI is InChI=1S/C20H21F2N5O2/c1-12-6-14(4-5-17(12)29-3)18(28)26-9-15(8-20(21,22)10-26)16-7-13(2)25-19-23-11-24-27(16)19/h4-7,11,15H,8-10H2,1-3H3/t15-/m0/s1. The minimum Gasteiger partial charge on any atom is -0.496 e. The lowest BCUT2D eigenvalue weighted by Crippen LogP contribution is -2.49. The second-order valence-electron chi connectivity index (χ2n) is 7.42. The number of nitrogens with zero attached hydrogens (tertiary/aromatic N) is 5. The van der Waals surface area contributed by atoms with E-state index in [2.05, 4.69) is 15.1 Å². The number of rotatable bonds is 3. The number of amides is 1. The van der Waals surface area contributed by atoms with E-state index >= 15 is 0 Å². The van der Waals surface area contributed by atoms with Gasteiger partial charge in [-0.25, -0.2) is 18.3 Å². The van der Waals surface area contributed by atoms with Crippen LogP contribution in [0.15, 0.2) is 30.6 Å². The van der Waals surface area contributed by atoms with Gasteiger partial charge in [-0.3, -0.25) is 4.79 Å². The number of halogens is 2. The van der Waals surface area contributed by atoms with Gasteiger partial charge in [0.2, 0.25) is 0 Å². The lowest BCUT2D eigenvalue weighted by Gasteiger charge is -2.37. The fourth-order valence-corrected chi connectivity index (χ4v) is 3.90. The summed E-state index contributed by atoms with van der Waals surface area (Å²) in [6.07, 6.45) is 0.978. The largest absolute Gasteiger partial charge is 0.496 e. The Morgan fingerprint density at radius 2 is 2.07 bits per heavy atom. The molecule has 0 bridgehead atoms. The molecular weight excluding hydrogens is 380 g/mol. The molecule has 2 aromatic heterocycles. The van der Waals surface area contributed by atoms with Crippen LogP contribution in [0.5, 0.6) is 5.75 Å². The van der Waals surface area contributed by atoms with Crippen molar-refractivity contribution in [3.8, 4) is 5.75 Å². The fraction of sp³-hybridized carbons (Fsp3) is 0.400. The van der Waals surface area contributed by atoms with Crippen molar-refractivity contribution < 1.29 is 18.3 Å². The van der Waals surface area contributed by atoms with Crippen LogP contribution in [-0.4, -0.2) is 56.5 Å². The Balaban J connectivity index is 1.68.